The molecule has 0 heterocycles. The van der Waals surface area contributed by atoms with Crippen molar-refractivity contribution in [1.82, 2.24) is 0 Å². The van der Waals surface area contributed by atoms with Crippen LogP contribution in [-0.4, -0.2) is 14.3 Å². The maximum atomic E-state index is 12.7. The van der Waals surface area contributed by atoms with Crippen LogP contribution in [0.1, 0.15) is 27.0 Å². The van der Waals surface area contributed by atoms with Crippen molar-refractivity contribution in [3.05, 3.63) is 89.0 Å². The van der Waals surface area contributed by atoms with Crippen LogP contribution < -0.4 is 10.0 Å². The Morgan fingerprint density at radius 1 is 0.786 bits per heavy atom. The highest BCUT2D eigenvalue weighted by Crippen LogP contribution is 2.20. The molecule has 3 aromatic carbocycles. The van der Waals surface area contributed by atoms with Gasteiger partial charge >= 0.3 is 0 Å². The first kappa shape index (κ1) is 19.6. The molecule has 0 atom stereocenters. The number of carbonyl (C=O) groups is 1. The first-order valence-electron chi connectivity index (χ1n) is 8.83. The average molecular weight is 394 g/mol. The molecule has 0 fully saturated rings. The Kier molecular flexibility index (Phi) is 5.51. The zero-order valence-corrected chi connectivity index (χ0v) is 16.8. The van der Waals surface area contributed by atoms with Crippen LogP contribution in [0.25, 0.3) is 0 Å². The van der Waals surface area contributed by atoms with Gasteiger partial charge in [0.1, 0.15) is 0 Å². The molecule has 6 heteroatoms. The van der Waals surface area contributed by atoms with Crippen LogP contribution in [0.15, 0.2) is 71.6 Å². The molecule has 28 heavy (non-hydrogen) atoms. The summed E-state index contributed by atoms with van der Waals surface area (Å²) >= 11 is 0. The Hall–Kier alpha value is -3.12. The summed E-state index contributed by atoms with van der Waals surface area (Å²) < 4.78 is 28.0. The fourth-order valence-corrected chi connectivity index (χ4v) is 3.76. The van der Waals surface area contributed by atoms with Crippen molar-refractivity contribution in [1.29, 1.82) is 0 Å². The second-order valence-electron chi connectivity index (χ2n) is 6.75. The smallest absolute Gasteiger partial charge is 0.261 e. The van der Waals surface area contributed by atoms with Crippen molar-refractivity contribution in [3.63, 3.8) is 0 Å². The first-order chi connectivity index (χ1) is 13.2. The summed E-state index contributed by atoms with van der Waals surface area (Å²) in [4.78, 5) is 12.5. The minimum atomic E-state index is -3.81. The highest BCUT2D eigenvalue weighted by Gasteiger charge is 2.17. The number of amides is 1. The van der Waals surface area contributed by atoms with E-state index in [0.717, 1.165) is 16.7 Å². The molecule has 3 rings (SSSR count). The summed E-state index contributed by atoms with van der Waals surface area (Å²) in [5, 5.41) is 2.77. The lowest BCUT2D eigenvalue weighted by atomic mass is 10.1. The van der Waals surface area contributed by atoms with E-state index in [1.165, 1.54) is 12.1 Å². The Morgan fingerprint density at radius 3 is 2.14 bits per heavy atom. The number of benzene rings is 3. The van der Waals surface area contributed by atoms with Gasteiger partial charge in [-0.3, -0.25) is 9.52 Å². The Bertz CT molecular complexity index is 1120. The van der Waals surface area contributed by atoms with Gasteiger partial charge in [-0.2, -0.15) is 0 Å². The topological polar surface area (TPSA) is 75.3 Å². The summed E-state index contributed by atoms with van der Waals surface area (Å²) in [7, 11) is -3.81. The molecule has 3 aromatic rings. The largest absolute Gasteiger partial charge is 0.322 e. The van der Waals surface area contributed by atoms with Crippen molar-refractivity contribution < 1.29 is 13.2 Å². The van der Waals surface area contributed by atoms with Gasteiger partial charge in [0.15, 0.2) is 0 Å². The molecule has 0 aliphatic carbocycles. The third kappa shape index (κ3) is 4.58. The van der Waals surface area contributed by atoms with Crippen LogP contribution in [-0.2, 0) is 10.0 Å². The monoisotopic (exact) mass is 394 g/mol. The van der Waals surface area contributed by atoms with E-state index < -0.39 is 10.0 Å². The van der Waals surface area contributed by atoms with Gasteiger partial charge in [0.2, 0.25) is 0 Å². The van der Waals surface area contributed by atoms with E-state index in [0.29, 0.717) is 11.4 Å². The van der Waals surface area contributed by atoms with Gasteiger partial charge < -0.3 is 5.32 Å². The van der Waals surface area contributed by atoms with E-state index in [2.05, 4.69) is 10.0 Å². The summed E-state index contributed by atoms with van der Waals surface area (Å²) in [6.45, 7) is 5.84. The van der Waals surface area contributed by atoms with Crippen LogP contribution in [0.4, 0.5) is 11.4 Å². The minimum absolute atomic E-state index is 0.0299. The molecule has 5 nitrogen and oxygen atoms in total. The summed E-state index contributed by atoms with van der Waals surface area (Å²) in [6.07, 6.45) is 0. The first-order valence-corrected chi connectivity index (χ1v) is 10.3. The predicted molar refractivity (Wildman–Crippen MR) is 112 cm³/mol. The number of hydrogen-bond acceptors (Lipinski definition) is 3. The number of anilines is 2. The summed E-state index contributed by atoms with van der Waals surface area (Å²) in [6, 6.07) is 18.7. The van der Waals surface area contributed by atoms with E-state index in [1.807, 2.05) is 39.0 Å². The van der Waals surface area contributed by atoms with E-state index >= 15 is 0 Å². The van der Waals surface area contributed by atoms with Gasteiger partial charge in [0, 0.05) is 16.9 Å². The standard InChI is InChI=1S/C22H22N2O3S/c1-15-7-10-19(11-8-15)23-22(25)18-5-4-6-21(14-18)28(26,27)24-20-12-9-16(2)17(3)13-20/h4-14,24H,1-3H3,(H,23,25). The molecular formula is C22H22N2O3S. The molecule has 0 aromatic heterocycles. The minimum Gasteiger partial charge on any atom is -0.322 e. The molecule has 0 radical (unpaired) electrons. The number of hydrogen-bond donors (Lipinski definition) is 2. The number of carbonyl (C=O) groups excluding carboxylic acids is 1. The molecule has 2 N–H and O–H groups in total. The van der Waals surface area contributed by atoms with Crippen molar-refractivity contribution in [3.8, 4) is 0 Å². The number of nitrogens with one attached hydrogen (secondary N) is 2. The van der Waals surface area contributed by atoms with Crippen molar-refractivity contribution >= 4 is 27.3 Å². The fraction of sp³-hybridized carbons (Fsp3) is 0.136. The molecular weight excluding hydrogens is 372 g/mol. The molecule has 1 amide bonds. The van der Waals surface area contributed by atoms with Gasteiger partial charge in [-0.15, -0.1) is 0 Å². The van der Waals surface area contributed by atoms with Gasteiger partial charge in [0.05, 0.1) is 4.90 Å². The quantitative estimate of drug-likeness (QED) is 0.661. The normalized spacial score (nSPS) is 11.1. The zero-order valence-electron chi connectivity index (χ0n) is 16.0. The second kappa shape index (κ2) is 7.86. The number of rotatable bonds is 5. The van der Waals surface area contributed by atoms with Crippen LogP contribution in [0.2, 0.25) is 0 Å². The highest BCUT2D eigenvalue weighted by atomic mass is 32.2. The lowest BCUT2D eigenvalue weighted by molar-refractivity contribution is 0.102. The summed E-state index contributed by atoms with van der Waals surface area (Å²) in [5.74, 6) is -0.368. The number of sulfonamides is 1. The van der Waals surface area contributed by atoms with Crippen molar-refractivity contribution in [2.75, 3.05) is 10.0 Å². The molecule has 0 unspecified atom stereocenters. The summed E-state index contributed by atoms with van der Waals surface area (Å²) in [5.41, 5.74) is 4.56. The number of aryl methyl sites for hydroxylation is 3. The molecule has 0 bridgehead atoms. The van der Waals surface area contributed by atoms with Gasteiger partial charge in [-0.05, 0) is 74.4 Å². The van der Waals surface area contributed by atoms with E-state index in [1.54, 1.807) is 36.4 Å². The average Bonchev–Trinajstić information content (AvgIpc) is 2.66. The van der Waals surface area contributed by atoms with E-state index in [-0.39, 0.29) is 16.4 Å². The fourth-order valence-electron chi connectivity index (χ4n) is 2.66. The Labute approximate surface area is 165 Å². The molecule has 144 valence electrons. The van der Waals surface area contributed by atoms with E-state index in [4.69, 9.17) is 0 Å². The van der Waals surface area contributed by atoms with Crippen LogP contribution in [0.5, 0.6) is 0 Å². The Morgan fingerprint density at radius 2 is 1.46 bits per heavy atom. The molecule has 0 aliphatic heterocycles. The zero-order chi connectivity index (χ0) is 20.3. The van der Waals surface area contributed by atoms with Crippen LogP contribution >= 0.6 is 0 Å². The predicted octanol–water partition coefficient (Wildman–Crippen LogP) is 4.66. The maximum Gasteiger partial charge on any atom is 0.261 e. The van der Waals surface area contributed by atoms with E-state index in [9.17, 15) is 13.2 Å². The molecule has 0 spiro atoms. The van der Waals surface area contributed by atoms with Gasteiger partial charge in [0.25, 0.3) is 15.9 Å². The third-order valence-electron chi connectivity index (χ3n) is 4.48. The SMILES string of the molecule is Cc1ccc(NC(=O)c2cccc(S(=O)(=O)Nc3ccc(C)c(C)c3)c2)cc1. The lowest BCUT2D eigenvalue weighted by Gasteiger charge is -2.11. The van der Waals surface area contributed by atoms with Crippen LogP contribution in [0, 0.1) is 20.8 Å². The molecule has 0 saturated carbocycles. The van der Waals surface area contributed by atoms with Gasteiger partial charge in [-0.25, -0.2) is 8.42 Å². The maximum absolute atomic E-state index is 12.7. The molecule has 0 saturated heterocycles. The second-order valence-corrected chi connectivity index (χ2v) is 8.43. The third-order valence-corrected chi connectivity index (χ3v) is 5.85. The van der Waals surface area contributed by atoms with Crippen molar-refractivity contribution in [2.45, 2.75) is 25.7 Å². The van der Waals surface area contributed by atoms with Crippen molar-refractivity contribution in [2.24, 2.45) is 0 Å². The Balaban J connectivity index is 1.81. The van der Waals surface area contributed by atoms with Gasteiger partial charge in [-0.1, -0.05) is 29.8 Å². The highest BCUT2D eigenvalue weighted by molar-refractivity contribution is 7.92. The lowest BCUT2D eigenvalue weighted by Crippen LogP contribution is -2.16. The molecule has 0 aliphatic rings. The van der Waals surface area contributed by atoms with Crippen LogP contribution in [0.3, 0.4) is 0 Å².